The highest BCUT2D eigenvalue weighted by atomic mass is 35.5. The third-order valence-electron chi connectivity index (χ3n) is 2.33. The third kappa shape index (κ3) is 2.91. The van der Waals surface area contributed by atoms with Gasteiger partial charge in [0.05, 0.1) is 22.4 Å². The lowest BCUT2D eigenvalue weighted by Gasteiger charge is -2.11. The van der Waals surface area contributed by atoms with Crippen LogP contribution < -0.4 is 10.6 Å². The van der Waals surface area contributed by atoms with Crippen LogP contribution in [0.2, 0.25) is 5.02 Å². The number of rotatable bonds is 3. The van der Waals surface area contributed by atoms with Gasteiger partial charge in [-0.1, -0.05) is 11.6 Å². The number of carbonyl (C=O) groups excluding carboxylic acids is 1. The molecule has 1 heterocycles. The number of hydrogen-bond acceptors (Lipinski definition) is 5. The summed E-state index contributed by atoms with van der Waals surface area (Å²) in [4.78, 5) is 22.3. The normalized spacial score (nSPS) is 12.1. The summed E-state index contributed by atoms with van der Waals surface area (Å²) in [6.07, 6.45) is 0. The van der Waals surface area contributed by atoms with E-state index in [1.807, 2.05) is 0 Å². The third-order valence-corrected chi connectivity index (χ3v) is 3.19. The number of nitrogens with one attached hydrogen (secondary N) is 2. The maximum atomic E-state index is 11.7. The highest BCUT2D eigenvalue weighted by Gasteiger charge is 2.17. The Morgan fingerprint density at radius 1 is 1.42 bits per heavy atom. The van der Waals surface area contributed by atoms with E-state index in [0.29, 0.717) is 21.7 Å². The summed E-state index contributed by atoms with van der Waals surface area (Å²) in [6.45, 7) is 1.36. The largest absolute Gasteiger partial charge is 0.480 e. The number of carbonyl (C=O) groups is 2. The van der Waals surface area contributed by atoms with Gasteiger partial charge in [-0.05, 0) is 19.1 Å². The van der Waals surface area contributed by atoms with Crippen molar-refractivity contribution in [3.63, 3.8) is 0 Å². The molecule has 0 bridgehead atoms. The van der Waals surface area contributed by atoms with E-state index in [2.05, 4.69) is 19.4 Å². The number of amides is 2. The summed E-state index contributed by atoms with van der Waals surface area (Å²) in [7, 11) is 0. The van der Waals surface area contributed by atoms with Gasteiger partial charge in [0.1, 0.15) is 17.1 Å². The molecule has 1 atom stereocenters. The van der Waals surface area contributed by atoms with E-state index < -0.39 is 18.0 Å². The molecular weight excluding hydrogens is 292 g/mol. The fourth-order valence-corrected chi connectivity index (χ4v) is 2.10. The maximum absolute atomic E-state index is 11.7. The average molecular weight is 301 g/mol. The van der Waals surface area contributed by atoms with Crippen molar-refractivity contribution >= 4 is 52.1 Å². The predicted octanol–water partition coefficient (Wildman–Crippen LogP) is 1.94. The molecule has 0 fully saturated rings. The fourth-order valence-electron chi connectivity index (χ4n) is 1.35. The van der Waals surface area contributed by atoms with Crippen LogP contribution in [-0.2, 0) is 4.79 Å². The molecule has 0 aliphatic carbocycles. The van der Waals surface area contributed by atoms with Crippen molar-refractivity contribution in [3.8, 4) is 0 Å². The van der Waals surface area contributed by atoms with Gasteiger partial charge in [0, 0.05) is 0 Å². The molecule has 1 unspecified atom stereocenters. The Hall–Kier alpha value is -1.93. The smallest absolute Gasteiger partial charge is 0.325 e. The van der Waals surface area contributed by atoms with Crippen LogP contribution in [0.25, 0.3) is 11.0 Å². The van der Waals surface area contributed by atoms with Crippen LogP contribution in [0, 0.1) is 0 Å². The number of carboxylic acid groups (broad SMARTS) is 1. The van der Waals surface area contributed by atoms with E-state index in [1.54, 1.807) is 12.1 Å². The lowest BCUT2D eigenvalue weighted by molar-refractivity contribution is -0.138. The van der Waals surface area contributed by atoms with Crippen molar-refractivity contribution in [2.45, 2.75) is 13.0 Å². The van der Waals surface area contributed by atoms with Gasteiger partial charge in [-0.25, -0.2) is 4.79 Å². The van der Waals surface area contributed by atoms with Crippen LogP contribution in [0.4, 0.5) is 10.5 Å². The molecule has 1 aromatic heterocycles. The zero-order valence-electron chi connectivity index (χ0n) is 9.68. The highest BCUT2D eigenvalue weighted by molar-refractivity contribution is 7.00. The van der Waals surface area contributed by atoms with Gasteiger partial charge in [-0.3, -0.25) is 4.79 Å². The van der Waals surface area contributed by atoms with E-state index in [4.69, 9.17) is 16.7 Å². The molecule has 2 aromatic rings. The topological polar surface area (TPSA) is 104 Å². The number of nitrogens with zero attached hydrogens (tertiary/aromatic N) is 2. The standard InChI is InChI=1S/C10H9ClN4O3S/c1-4(9(16)17)12-10(18)13-7-5(11)2-3-6-8(7)15-19-14-6/h2-4H,1H3,(H,16,17)(H2,12,13,18). The van der Waals surface area contributed by atoms with Gasteiger partial charge in [0.25, 0.3) is 0 Å². The van der Waals surface area contributed by atoms with Crippen LogP contribution in [-0.4, -0.2) is 31.9 Å². The monoisotopic (exact) mass is 300 g/mol. The van der Waals surface area contributed by atoms with Gasteiger partial charge in [-0.2, -0.15) is 8.75 Å². The summed E-state index contributed by atoms with van der Waals surface area (Å²) < 4.78 is 8.06. The zero-order chi connectivity index (χ0) is 14.0. The van der Waals surface area contributed by atoms with E-state index in [0.717, 1.165) is 11.7 Å². The molecule has 2 rings (SSSR count). The molecule has 0 saturated heterocycles. The molecule has 19 heavy (non-hydrogen) atoms. The second kappa shape index (κ2) is 5.37. The van der Waals surface area contributed by atoms with E-state index >= 15 is 0 Å². The zero-order valence-corrected chi connectivity index (χ0v) is 11.2. The SMILES string of the molecule is CC(NC(=O)Nc1c(Cl)ccc2nsnc12)C(=O)O. The Labute approximate surface area is 116 Å². The Balaban J connectivity index is 2.21. The van der Waals surface area contributed by atoms with Crippen molar-refractivity contribution < 1.29 is 14.7 Å². The lowest BCUT2D eigenvalue weighted by atomic mass is 10.2. The molecule has 100 valence electrons. The minimum Gasteiger partial charge on any atom is -0.480 e. The summed E-state index contributed by atoms with van der Waals surface area (Å²) >= 11 is 6.98. The van der Waals surface area contributed by atoms with Crippen LogP contribution in [0.5, 0.6) is 0 Å². The van der Waals surface area contributed by atoms with E-state index in [9.17, 15) is 9.59 Å². The number of urea groups is 1. The van der Waals surface area contributed by atoms with Crippen molar-refractivity contribution in [3.05, 3.63) is 17.2 Å². The minimum absolute atomic E-state index is 0.304. The first-order chi connectivity index (χ1) is 8.99. The van der Waals surface area contributed by atoms with E-state index in [-0.39, 0.29) is 0 Å². The molecule has 0 aliphatic heterocycles. The summed E-state index contributed by atoms with van der Waals surface area (Å²) in [5, 5.41) is 13.7. The van der Waals surface area contributed by atoms with Gasteiger partial charge >= 0.3 is 12.0 Å². The Bertz CT molecular complexity index is 645. The number of anilines is 1. The van der Waals surface area contributed by atoms with Crippen molar-refractivity contribution in [2.24, 2.45) is 0 Å². The fraction of sp³-hybridized carbons (Fsp3) is 0.200. The first-order valence-corrected chi connectivity index (χ1v) is 6.31. The molecule has 0 aliphatic rings. The van der Waals surface area contributed by atoms with E-state index in [1.165, 1.54) is 6.92 Å². The quantitative estimate of drug-likeness (QED) is 0.803. The highest BCUT2D eigenvalue weighted by Crippen LogP contribution is 2.29. The van der Waals surface area contributed by atoms with Crippen LogP contribution in [0.1, 0.15) is 6.92 Å². The Morgan fingerprint density at radius 3 is 2.84 bits per heavy atom. The number of aromatic nitrogens is 2. The van der Waals surface area contributed by atoms with Gasteiger partial charge in [-0.15, -0.1) is 0 Å². The lowest BCUT2D eigenvalue weighted by Crippen LogP contribution is -2.40. The molecule has 9 heteroatoms. The second-order valence-corrected chi connectivity index (χ2v) is 4.65. The number of fused-ring (bicyclic) bond motifs is 1. The Kier molecular flexibility index (Phi) is 3.82. The van der Waals surface area contributed by atoms with Crippen LogP contribution >= 0.6 is 23.3 Å². The first-order valence-electron chi connectivity index (χ1n) is 5.20. The summed E-state index contributed by atoms with van der Waals surface area (Å²) in [5.74, 6) is -1.13. The second-order valence-electron chi connectivity index (χ2n) is 3.71. The van der Waals surface area contributed by atoms with Crippen LogP contribution in [0.3, 0.4) is 0 Å². The van der Waals surface area contributed by atoms with Crippen molar-refractivity contribution in [2.75, 3.05) is 5.32 Å². The molecule has 3 N–H and O–H groups in total. The molecule has 2 amide bonds. The average Bonchev–Trinajstić information content (AvgIpc) is 2.81. The number of aliphatic carboxylic acids is 1. The van der Waals surface area contributed by atoms with Crippen LogP contribution in [0.15, 0.2) is 12.1 Å². The number of carboxylic acids is 1. The molecular formula is C10H9ClN4O3S. The molecule has 0 radical (unpaired) electrons. The number of halogens is 1. The van der Waals surface area contributed by atoms with Gasteiger partial charge < -0.3 is 15.7 Å². The number of benzene rings is 1. The first kappa shape index (κ1) is 13.5. The molecule has 0 spiro atoms. The minimum atomic E-state index is -1.13. The molecule has 7 nitrogen and oxygen atoms in total. The summed E-state index contributed by atoms with van der Waals surface area (Å²) in [6, 6.07) is 1.59. The van der Waals surface area contributed by atoms with Gasteiger partial charge in [0.15, 0.2) is 0 Å². The van der Waals surface area contributed by atoms with Crippen molar-refractivity contribution in [1.29, 1.82) is 0 Å². The Morgan fingerprint density at radius 2 is 2.16 bits per heavy atom. The van der Waals surface area contributed by atoms with Gasteiger partial charge in [0.2, 0.25) is 0 Å². The molecule has 0 saturated carbocycles. The summed E-state index contributed by atoms with van der Waals surface area (Å²) in [5.41, 5.74) is 1.38. The molecule has 1 aromatic carbocycles. The maximum Gasteiger partial charge on any atom is 0.325 e. The predicted molar refractivity (Wildman–Crippen MR) is 71.7 cm³/mol. The van der Waals surface area contributed by atoms with Crippen molar-refractivity contribution in [1.82, 2.24) is 14.1 Å². The number of hydrogen-bond donors (Lipinski definition) is 3.